The molecule has 1 aromatic carbocycles. The first-order valence-corrected chi connectivity index (χ1v) is 6.65. The van der Waals surface area contributed by atoms with Crippen LogP contribution in [0.15, 0.2) is 34.7 Å². The van der Waals surface area contributed by atoms with Crippen molar-refractivity contribution in [2.24, 2.45) is 0 Å². The molecule has 0 saturated heterocycles. The maximum atomic E-state index is 13.3. The molecule has 2 aromatic rings. The Morgan fingerprint density at radius 1 is 1.26 bits per heavy atom. The lowest BCUT2D eigenvalue weighted by Crippen LogP contribution is -2.23. The maximum Gasteiger partial charge on any atom is 0.123 e. The number of furan rings is 1. The zero-order valence-electron chi connectivity index (χ0n) is 11.7. The van der Waals surface area contributed by atoms with Gasteiger partial charge in [0.2, 0.25) is 0 Å². The van der Waals surface area contributed by atoms with Crippen LogP contribution in [0.3, 0.4) is 0 Å². The lowest BCUT2D eigenvalue weighted by molar-refractivity contribution is 0.484. The van der Waals surface area contributed by atoms with Gasteiger partial charge in [0, 0.05) is 11.6 Å². The highest BCUT2D eigenvalue weighted by Gasteiger charge is 2.17. The van der Waals surface area contributed by atoms with E-state index in [9.17, 15) is 4.39 Å². The van der Waals surface area contributed by atoms with Gasteiger partial charge < -0.3 is 9.73 Å². The van der Waals surface area contributed by atoms with Gasteiger partial charge in [0.05, 0.1) is 0 Å². The highest BCUT2D eigenvalue weighted by atomic mass is 19.1. The van der Waals surface area contributed by atoms with Gasteiger partial charge in [0.25, 0.3) is 0 Å². The van der Waals surface area contributed by atoms with E-state index in [1.54, 1.807) is 12.1 Å². The lowest BCUT2D eigenvalue weighted by Gasteiger charge is -2.17. The Labute approximate surface area is 113 Å². The van der Waals surface area contributed by atoms with Gasteiger partial charge >= 0.3 is 0 Å². The fourth-order valence-electron chi connectivity index (χ4n) is 2.43. The number of halogens is 1. The number of likely N-dealkylation sites (N-methyl/N-ethyl adjacent to an activating group) is 1. The molecule has 0 amide bonds. The second kappa shape index (κ2) is 6.02. The Hall–Kier alpha value is -1.61. The molecule has 0 radical (unpaired) electrons. The fourth-order valence-corrected chi connectivity index (χ4v) is 2.43. The summed E-state index contributed by atoms with van der Waals surface area (Å²) in [6.07, 6.45) is 0.755. The smallest absolute Gasteiger partial charge is 0.123 e. The Morgan fingerprint density at radius 2 is 2.05 bits per heavy atom. The fraction of sp³-hybridized carbons (Fsp3) is 0.375. The van der Waals surface area contributed by atoms with E-state index in [0.29, 0.717) is 0 Å². The van der Waals surface area contributed by atoms with Crippen molar-refractivity contribution in [3.63, 3.8) is 0 Å². The van der Waals surface area contributed by atoms with E-state index in [-0.39, 0.29) is 11.9 Å². The van der Waals surface area contributed by atoms with Crippen molar-refractivity contribution in [3.05, 3.63) is 58.8 Å². The third-order valence-electron chi connectivity index (χ3n) is 3.23. The topological polar surface area (TPSA) is 25.2 Å². The number of rotatable bonds is 5. The van der Waals surface area contributed by atoms with Crippen molar-refractivity contribution in [2.75, 3.05) is 6.54 Å². The molecule has 0 fully saturated rings. The summed E-state index contributed by atoms with van der Waals surface area (Å²) in [6, 6.07) is 8.98. The number of aryl methyl sites for hydroxylation is 2. The molecule has 1 N–H and O–H groups in total. The summed E-state index contributed by atoms with van der Waals surface area (Å²) in [7, 11) is 0. The second-order valence-corrected chi connectivity index (χ2v) is 4.81. The third kappa shape index (κ3) is 3.44. The molecular weight excluding hydrogens is 241 g/mol. The minimum atomic E-state index is -0.187. The normalized spacial score (nSPS) is 12.6. The number of hydrogen-bond donors (Lipinski definition) is 1. The van der Waals surface area contributed by atoms with E-state index in [4.69, 9.17) is 4.42 Å². The number of hydrogen-bond acceptors (Lipinski definition) is 2. The first-order chi connectivity index (χ1) is 9.10. The summed E-state index contributed by atoms with van der Waals surface area (Å²) in [5.74, 6) is 1.65. The molecule has 3 heteroatoms. The van der Waals surface area contributed by atoms with Crippen LogP contribution in [-0.4, -0.2) is 6.54 Å². The van der Waals surface area contributed by atoms with Crippen LogP contribution in [0, 0.1) is 19.7 Å². The van der Waals surface area contributed by atoms with Crippen molar-refractivity contribution in [2.45, 2.75) is 33.2 Å². The van der Waals surface area contributed by atoms with E-state index in [2.05, 4.69) is 18.3 Å². The second-order valence-electron chi connectivity index (χ2n) is 4.81. The SMILES string of the molecule is CCNC(Cc1cccc(F)c1)c1cc(C)oc1C. The van der Waals surface area contributed by atoms with Crippen LogP contribution in [0.4, 0.5) is 4.39 Å². The van der Waals surface area contributed by atoms with Gasteiger partial charge in [-0.1, -0.05) is 19.1 Å². The molecule has 0 aliphatic heterocycles. The maximum absolute atomic E-state index is 13.3. The first-order valence-electron chi connectivity index (χ1n) is 6.65. The molecule has 0 aliphatic rings. The molecule has 102 valence electrons. The van der Waals surface area contributed by atoms with Gasteiger partial charge in [-0.2, -0.15) is 0 Å². The number of benzene rings is 1. The van der Waals surface area contributed by atoms with Gasteiger partial charge in [-0.3, -0.25) is 0 Å². The highest BCUT2D eigenvalue weighted by molar-refractivity contribution is 5.27. The summed E-state index contributed by atoms with van der Waals surface area (Å²) in [4.78, 5) is 0. The lowest BCUT2D eigenvalue weighted by atomic mass is 9.99. The Morgan fingerprint density at radius 3 is 2.63 bits per heavy atom. The Kier molecular flexibility index (Phi) is 4.38. The molecule has 1 aromatic heterocycles. The largest absolute Gasteiger partial charge is 0.466 e. The summed E-state index contributed by atoms with van der Waals surface area (Å²) in [5, 5.41) is 3.44. The van der Waals surface area contributed by atoms with E-state index >= 15 is 0 Å². The summed E-state index contributed by atoms with van der Waals surface area (Å²) in [6.45, 7) is 6.85. The summed E-state index contributed by atoms with van der Waals surface area (Å²) < 4.78 is 18.8. The zero-order valence-corrected chi connectivity index (χ0v) is 11.7. The van der Waals surface area contributed by atoms with Crippen LogP contribution in [0.25, 0.3) is 0 Å². The average Bonchev–Trinajstić information content (AvgIpc) is 2.68. The minimum absolute atomic E-state index is 0.157. The first kappa shape index (κ1) is 13.8. The van der Waals surface area contributed by atoms with Crippen LogP contribution < -0.4 is 5.32 Å². The molecule has 2 nitrogen and oxygen atoms in total. The van der Waals surface area contributed by atoms with E-state index < -0.39 is 0 Å². The standard InChI is InChI=1S/C16H20FNO/c1-4-18-16(15-8-11(2)19-12(15)3)10-13-6-5-7-14(17)9-13/h5-9,16,18H,4,10H2,1-3H3. The van der Waals surface area contributed by atoms with Crippen molar-refractivity contribution in [1.29, 1.82) is 0 Å². The van der Waals surface area contributed by atoms with E-state index in [1.165, 1.54) is 6.07 Å². The van der Waals surface area contributed by atoms with E-state index in [1.807, 2.05) is 19.9 Å². The Bertz CT molecular complexity index is 547. The van der Waals surface area contributed by atoms with Crippen LogP contribution in [-0.2, 0) is 6.42 Å². The molecule has 0 bridgehead atoms. The van der Waals surface area contributed by atoms with Gasteiger partial charge in [-0.15, -0.1) is 0 Å². The van der Waals surface area contributed by atoms with Gasteiger partial charge in [-0.05, 0) is 50.6 Å². The van der Waals surface area contributed by atoms with Crippen molar-refractivity contribution in [3.8, 4) is 0 Å². The monoisotopic (exact) mass is 261 g/mol. The van der Waals surface area contributed by atoms with Crippen LogP contribution >= 0.6 is 0 Å². The quantitative estimate of drug-likeness (QED) is 0.882. The molecule has 1 atom stereocenters. The van der Waals surface area contributed by atoms with E-state index in [0.717, 1.165) is 35.6 Å². The van der Waals surface area contributed by atoms with Crippen molar-refractivity contribution in [1.82, 2.24) is 5.32 Å². The van der Waals surface area contributed by atoms with Gasteiger partial charge in [0.1, 0.15) is 17.3 Å². The molecule has 0 saturated carbocycles. The average molecular weight is 261 g/mol. The summed E-state index contributed by atoms with van der Waals surface area (Å²) in [5.41, 5.74) is 2.15. The third-order valence-corrected chi connectivity index (χ3v) is 3.23. The molecule has 1 unspecified atom stereocenters. The predicted octanol–water partition coefficient (Wildman–Crippen LogP) is 3.93. The molecule has 2 rings (SSSR count). The van der Waals surface area contributed by atoms with Crippen LogP contribution in [0.5, 0.6) is 0 Å². The molecular formula is C16H20FNO. The minimum Gasteiger partial charge on any atom is -0.466 e. The summed E-state index contributed by atoms with van der Waals surface area (Å²) >= 11 is 0. The highest BCUT2D eigenvalue weighted by Crippen LogP contribution is 2.25. The van der Waals surface area contributed by atoms with Crippen LogP contribution in [0.1, 0.15) is 35.6 Å². The Balaban J connectivity index is 2.23. The number of nitrogens with one attached hydrogen (secondary N) is 1. The molecule has 19 heavy (non-hydrogen) atoms. The van der Waals surface area contributed by atoms with Crippen LogP contribution in [0.2, 0.25) is 0 Å². The molecule has 0 aliphatic carbocycles. The molecule has 0 spiro atoms. The predicted molar refractivity (Wildman–Crippen MR) is 74.7 cm³/mol. The van der Waals surface area contributed by atoms with Gasteiger partial charge in [-0.25, -0.2) is 4.39 Å². The zero-order chi connectivity index (χ0) is 13.8. The van der Waals surface area contributed by atoms with Crippen molar-refractivity contribution >= 4 is 0 Å². The van der Waals surface area contributed by atoms with Crippen molar-refractivity contribution < 1.29 is 8.81 Å². The van der Waals surface area contributed by atoms with Gasteiger partial charge in [0.15, 0.2) is 0 Å². The molecule has 1 heterocycles.